The van der Waals surface area contributed by atoms with Crippen LogP contribution in [0.1, 0.15) is 13.8 Å². The molecule has 0 bridgehead atoms. The van der Waals surface area contributed by atoms with E-state index in [1.807, 2.05) is 0 Å². The van der Waals surface area contributed by atoms with Gasteiger partial charge in [0.1, 0.15) is 0 Å². The van der Waals surface area contributed by atoms with Crippen molar-refractivity contribution in [3.05, 3.63) is 0 Å². The summed E-state index contributed by atoms with van der Waals surface area (Å²) in [5.74, 6) is 0. The summed E-state index contributed by atoms with van der Waals surface area (Å²) < 4.78 is 3.23. The molecular weight excluding hydrogens is 416 g/mol. The van der Waals surface area contributed by atoms with Gasteiger partial charge in [0.15, 0.2) is 0 Å². The molecule has 0 saturated carbocycles. The van der Waals surface area contributed by atoms with E-state index in [0.29, 0.717) is 0 Å². The van der Waals surface area contributed by atoms with Gasteiger partial charge in [0.2, 0.25) is 0 Å². The quantitative estimate of drug-likeness (QED) is 0.469. The van der Waals surface area contributed by atoms with Gasteiger partial charge in [0.05, 0.1) is 0 Å². The third-order valence-electron chi connectivity index (χ3n) is 0.575. The van der Waals surface area contributed by atoms with Crippen LogP contribution in [-0.4, -0.2) is 32.3 Å². The Morgan fingerprint density at radius 2 is 1.57 bits per heavy atom. The van der Waals surface area contributed by atoms with Crippen LogP contribution in [0.4, 0.5) is 0 Å². The first kappa shape index (κ1) is 9.50. The first-order valence-corrected chi connectivity index (χ1v) is 31.3. The molecule has 0 rings (SSSR count). The maximum absolute atomic E-state index is 2.38. The van der Waals surface area contributed by atoms with E-state index in [2.05, 4.69) is 13.8 Å². The van der Waals surface area contributed by atoms with E-state index in [0.717, 1.165) is 32.3 Å². The van der Waals surface area contributed by atoms with Crippen LogP contribution in [0.15, 0.2) is 0 Å². The molecule has 0 unspecified atom stereocenters. The first-order chi connectivity index (χ1) is 3.41. The molecule has 7 heavy (non-hydrogen) atoms. The molecule has 0 atom stereocenters. The van der Waals surface area contributed by atoms with Crippen molar-refractivity contribution in [1.29, 1.82) is 0 Å². The molecule has 0 saturated heterocycles. The van der Waals surface area contributed by atoms with Crippen molar-refractivity contribution in [3.8, 4) is 0 Å². The molecule has 0 aliphatic heterocycles. The van der Waals surface area contributed by atoms with Crippen LogP contribution in [0.3, 0.4) is 0 Å². The summed E-state index contributed by atoms with van der Waals surface area (Å²) in [5.41, 5.74) is 0. The molecule has 40 valence electrons. The van der Waals surface area contributed by atoms with Crippen LogP contribution in [-0.2, 0) is 15.8 Å². The third-order valence-corrected chi connectivity index (χ3v) is 68.7. The molecule has 0 aromatic carbocycles. The minimum absolute atomic E-state index is 0.146. The SMILES string of the molecule is CC[Te][Cd][Te]CC. The Bertz CT molecular complexity index is 28.9. The van der Waals surface area contributed by atoms with E-state index < -0.39 is 0 Å². The number of hydrogen-bond donors (Lipinski definition) is 0. The van der Waals surface area contributed by atoms with Crippen molar-refractivity contribution in [1.82, 2.24) is 0 Å². The van der Waals surface area contributed by atoms with E-state index in [9.17, 15) is 0 Å². The summed E-state index contributed by atoms with van der Waals surface area (Å²) in [6.45, 7) is 4.75. The molecule has 0 heterocycles. The second kappa shape index (κ2) is 8.50. The average molecular weight is 426 g/mol. The Kier molecular flexibility index (Phi) is 11.5. The zero-order valence-electron chi connectivity index (χ0n) is 4.94. The molecule has 0 aromatic rings. The molecule has 0 aromatic heterocycles. The normalized spacial score (nSPS) is 8.29. The molecule has 0 spiro atoms. The van der Waals surface area contributed by atoms with E-state index in [4.69, 9.17) is 0 Å². The molecular formula is C4H10CdTe2. The fraction of sp³-hybridized carbons (Fsp3) is 1.00. The zero-order valence-corrected chi connectivity index (χ0v) is 13.6. The standard InChI is InChI=1S/2C2H6Te.Cd/c2*1-2-3;/h2*3H,2H2,1H3;/q;;+2/p-2. The van der Waals surface area contributed by atoms with E-state index in [1.54, 1.807) is 8.94 Å². The molecule has 0 N–H and O–H groups in total. The maximum atomic E-state index is 2.38. The molecule has 0 radical (unpaired) electrons. The summed E-state index contributed by atoms with van der Waals surface area (Å²) in [7, 11) is 0. The molecule has 3 heteroatoms. The van der Waals surface area contributed by atoms with E-state index in [-0.39, 0.29) is 15.8 Å². The van der Waals surface area contributed by atoms with Crippen molar-refractivity contribution in [3.63, 3.8) is 0 Å². The van der Waals surface area contributed by atoms with Crippen molar-refractivity contribution >= 4 is 32.3 Å². The molecule has 0 nitrogen and oxygen atoms in total. The summed E-state index contributed by atoms with van der Waals surface area (Å²) in [5, 5.41) is 0. The first-order valence-electron chi connectivity index (χ1n) is 2.57. The van der Waals surface area contributed by atoms with Gasteiger partial charge in [0, 0.05) is 0 Å². The summed E-state index contributed by atoms with van der Waals surface area (Å²) in [6, 6.07) is 0. The van der Waals surface area contributed by atoms with Crippen molar-refractivity contribution in [2.24, 2.45) is 0 Å². The van der Waals surface area contributed by atoms with Gasteiger partial charge < -0.3 is 0 Å². The fourth-order valence-electron chi connectivity index (χ4n) is 0.226. The van der Waals surface area contributed by atoms with Gasteiger partial charge >= 0.3 is 70.9 Å². The average Bonchev–Trinajstić information content (AvgIpc) is 1.69. The second-order valence-electron chi connectivity index (χ2n) is 1.10. The molecule has 0 aliphatic rings. The van der Waals surface area contributed by atoms with Crippen molar-refractivity contribution in [2.75, 3.05) is 0 Å². The Labute approximate surface area is 69.4 Å². The molecule has 0 fully saturated rings. The van der Waals surface area contributed by atoms with E-state index in [1.165, 1.54) is 0 Å². The van der Waals surface area contributed by atoms with Gasteiger partial charge in [-0.3, -0.25) is 0 Å². The Hall–Kier alpha value is 2.50. The Balaban J connectivity index is 2.45. The van der Waals surface area contributed by atoms with Crippen molar-refractivity contribution < 1.29 is 15.8 Å². The van der Waals surface area contributed by atoms with Gasteiger partial charge in [0.25, 0.3) is 0 Å². The summed E-state index contributed by atoms with van der Waals surface area (Å²) in [6.07, 6.45) is 0. The predicted octanol–water partition coefficient (Wildman–Crippen LogP) is 1.18. The molecule has 0 aliphatic carbocycles. The van der Waals surface area contributed by atoms with Crippen LogP contribution >= 0.6 is 0 Å². The fourth-order valence-corrected chi connectivity index (χ4v) is 68.1. The van der Waals surface area contributed by atoms with Crippen molar-refractivity contribution in [2.45, 2.75) is 22.8 Å². The third kappa shape index (κ3) is 8.50. The van der Waals surface area contributed by atoms with Crippen LogP contribution in [0.25, 0.3) is 0 Å². The molecule has 0 amide bonds. The van der Waals surface area contributed by atoms with Crippen LogP contribution in [0.2, 0.25) is 8.94 Å². The van der Waals surface area contributed by atoms with Crippen LogP contribution < -0.4 is 0 Å². The number of rotatable bonds is 4. The second-order valence-corrected chi connectivity index (χ2v) is 57.8. The monoisotopic (exact) mass is 432 g/mol. The Morgan fingerprint density at radius 1 is 1.14 bits per heavy atom. The summed E-state index contributed by atoms with van der Waals surface area (Å²) >= 11 is 1.63. The topological polar surface area (TPSA) is 0 Å². The summed E-state index contributed by atoms with van der Waals surface area (Å²) in [4.78, 5) is 0. The Morgan fingerprint density at radius 3 is 1.86 bits per heavy atom. The minimum atomic E-state index is 0.146. The number of hydrogen-bond acceptors (Lipinski definition) is 0. The van der Waals surface area contributed by atoms with Gasteiger partial charge in [-0.15, -0.1) is 0 Å². The van der Waals surface area contributed by atoms with Gasteiger partial charge in [-0.25, -0.2) is 0 Å². The van der Waals surface area contributed by atoms with Gasteiger partial charge in [-0.05, 0) is 0 Å². The van der Waals surface area contributed by atoms with E-state index >= 15 is 0 Å². The van der Waals surface area contributed by atoms with Gasteiger partial charge in [-0.2, -0.15) is 0 Å². The van der Waals surface area contributed by atoms with Crippen LogP contribution in [0, 0.1) is 0 Å². The zero-order chi connectivity index (χ0) is 5.54. The predicted molar refractivity (Wildman–Crippen MR) is 32.5 cm³/mol. The van der Waals surface area contributed by atoms with Gasteiger partial charge in [-0.1, -0.05) is 0 Å². The van der Waals surface area contributed by atoms with Crippen LogP contribution in [0.5, 0.6) is 0 Å².